The highest BCUT2D eigenvalue weighted by atomic mass is 16.5. The Bertz CT molecular complexity index is 369. The average molecular weight is 263 g/mol. The lowest BCUT2D eigenvalue weighted by Gasteiger charge is -2.14. The van der Waals surface area contributed by atoms with Gasteiger partial charge in [-0.05, 0) is 36.6 Å². The molecule has 3 nitrogen and oxygen atoms in total. The predicted octanol–water partition coefficient (Wildman–Crippen LogP) is 4.10. The van der Waals surface area contributed by atoms with Gasteiger partial charge in [-0.2, -0.15) is 0 Å². The smallest absolute Gasteiger partial charge is 0.338 e. The second-order valence-corrected chi connectivity index (χ2v) is 4.78. The molecule has 0 bridgehead atoms. The highest BCUT2D eigenvalue weighted by Gasteiger charge is 2.07. The van der Waals surface area contributed by atoms with E-state index < -0.39 is 0 Å². The van der Waals surface area contributed by atoms with Gasteiger partial charge in [-0.1, -0.05) is 33.6 Å². The highest BCUT2D eigenvalue weighted by molar-refractivity contribution is 5.89. The Morgan fingerprint density at radius 3 is 2.32 bits per heavy atom. The monoisotopic (exact) mass is 263 g/mol. The molecule has 1 N–H and O–H groups in total. The second-order valence-electron chi connectivity index (χ2n) is 4.78. The molecule has 19 heavy (non-hydrogen) atoms. The zero-order valence-corrected chi connectivity index (χ0v) is 12.2. The summed E-state index contributed by atoms with van der Waals surface area (Å²) < 4.78 is 5.09. The Balaban J connectivity index is 2.49. The van der Waals surface area contributed by atoms with Crippen molar-refractivity contribution in [2.75, 3.05) is 18.5 Å². The SMILES string of the molecule is CCCOC(=O)c1ccc(NCC(CC)CC)cc1. The fraction of sp³-hybridized carbons (Fsp3) is 0.562. The van der Waals surface area contributed by atoms with E-state index in [-0.39, 0.29) is 5.97 Å². The van der Waals surface area contributed by atoms with Crippen LogP contribution in [0.15, 0.2) is 24.3 Å². The van der Waals surface area contributed by atoms with Gasteiger partial charge in [0.2, 0.25) is 0 Å². The summed E-state index contributed by atoms with van der Waals surface area (Å²) in [5.41, 5.74) is 1.67. The van der Waals surface area contributed by atoms with E-state index >= 15 is 0 Å². The van der Waals surface area contributed by atoms with Gasteiger partial charge in [-0.3, -0.25) is 0 Å². The standard InChI is InChI=1S/C16H25NO2/c1-4-11-19-16(18)14-7-9-15(10-8-14)17-12-13(5-2)6-3/h7-10,13,17H,4-6,11-12H2,1-3H3. The van der Waals surface area contributed by atoms with Gasteiger partial charge in [-0.25, -0.2) is 4.79 Å². The number of rotatable bonds is 8. The van der Waals surface area contributed by atoms with Crippen molar-refractivity contribution in [3.63, 3.8) is 0 Å². The number of benzene rings is 1. The zero-order chi connectivity index (χ0) is 14.1. The normalized spacial score (nSPS) is 10.5. The molecule has 0 atom stereocenters. The summed E-state index contributed by atoms with van der Waals surface area (Å²) in [6.07, 6.45) is 3.22. The predicted molar refractivity (Wildman–Crippen MR) is 79.6 cm³/mol. The fourth-order valence-corrected chi connectivity index (χ4v) is 1.84. The minimum atomic E-state index is -0.242. The number of nitrogens with one attached hydrogen (secondary N) is 1. The quantitative estimate of drug-likeness (QED) is 0.717. The molecule has 0 aliphatic heterocycles. The van der Waals surface area contributed by atoms with E-state index in [2.05, 4.69) is 19.2 Å². The molecular weight excluding hydrogens is 238 g/mol. The van der Waals surface area contributed by atoms with E-state index in [4.69, 9.17) is 4.74 Å². The molecule has 1 rings (SSSR count). The lowest BCUT2D eigenvalue weighted by Crippen LogP contribution is -2.12. The molecule has 0 unspecified atom stereocenters. The molecular formula is C16H25NO2. The summed E-state index contributed by atoms with van der Waals surface area (Å²) in [5, 5.41) is 3.40. The van der Waals surface area contributed by atoms with Crippen LogP contribution >= 0.6 is 0 Å². The van der Waals surface area contributed by atoms with E-state index in [1.807, 2.05) is 31.2 Å². The third-order valence-corrected chi connectivity index (χ3v) is 3.31. The lowest BCUT2D eigenvalue weighted by atomic mass is 10.0. The first-order valence-corrected chi connectivity index (χ1v) is 7.22. The number of ether oxygens (including phenoxy) is 1. The molecule has 0 amide bonds. The number of carbonyl (C=O) groups is 1. The number of anilines is 1. The molecule has 0 saturated carbocycles. The first-order chi connectivity index (χ1) is 9.21. The van der Waals surface area contributed by atoms with Gasteiger partial charge in [0, 0.05) is 12.2 Å². The van der Waals surface area contributed by atoms with Crippen molar-refractivity contribution in [2.45, 2.75) is 40.0 Å². The van der Waals surface area contributed by atoms with Crippen molar-refractivity contribution in [1.82, 2.24) is 0 Å². The maximum absolute atomic E-state index is 11.6. The van der Waals surface area contributed by atoms with Gasteiger partial charge in [0.05, 0.1) is 12.2 Å². The molecule has 0 aliphatic carbocycles. The first kappa shape index (κ1) is 15.5. The van der Waals surface area contributed by atoms with Crippen LogP contribution in [0.2, 0.25) is 0 Å². The maximum atomic E-state index is 11.6. The van der Waals surface area contributed by atoms with Crippen molar-refractivity contribution in [3.05, 3.63) is 29.8 Å². The highest BCUT2D eigenvalue weighted by Crippen LogP contribution is 2.13. The summed E-state index contributed by atoms with van der Waals surface area (Å²) in [5.74, 6) is 0.461. The fourth-order valence-electron chi connectivity index (χ4n) is 1.84. The molecule has 0 spiro atoms. The van der Waals surface area contributed by atoms with Gasteiger partial charge >= 0.3 is 5.97 Å². The number of hydrogen-bond acceptors (Lipinski definition) is 3. The Morgan fingerprint density at radius 1 is 1.16 bits per heavy atom. The molecule has 0 radical (unpaired) electrons. The summed E-state index contributed by atoms with van der Waals surface area (Å²) in [4.78, 5) is 11.6. The van der Waals surface area contributed by atoms with Crippen molar-refractivity contribution in [3.8, 4) is 0 Å². The average Bonchev–Trinajstić information content (AvgIpc) is 2.46. The van der Waals surface area contributed by atoms with E-state index in [1.54, 1.807) is 0 Å². The van der Waals surface area contributed by atoms with E-state index in [0.29, 0.717) is 18.1 Å². The minimum Gasteiger partial charge on any atom is -0.462 e. The number of esters is 1. The summed E-state index contributed by atoms with van der Waals surface area (Å²) in [7, 11) is 0. The van der Waals surface area contributed by atoms with Crippen LogP contribution in [0.4, 0.5) is 5.69 Å². The van der Waals surface area contributed by atoms with Crippen molar-refractivity contribution in [2.24, 2.45) is 5.92 Å². The van der Waals surface area contributed by atoms with Crippen molar-refractivity contribution < 1.29 is 9.53 Å². The van der Waals surface area contributed by atoms with Gasteiger partial charge in [0.25, 0.3) is 0 Å². The molecule has 106 valence electrons. The van der Waals surface area contributed by atoms with Gasteiger partial charge in [0.15, 0.2) is 0 Å². The van der Waals surface area contributed by atoms with E-state index in [9.17, 15) is 4.79 Å². The van der Waals surface area contributed by atoms with Crippen LogP contribution in [0.3, 0.4) is 0 Å². The summed E-state index contributed by atoms with van der Waals surface area (Å²) >= 11 is 0. The Kier molecular flexibility index (Phi) is 7.01. The van der Waals surface area contributed by atoms with E-state index in [0.717, 1.165) is 18.7 Å². The molecule has 1 aromatic rings. The van der Waals surface area contributed by atoms with Crippen molar-refractivity contribution >= 4 is 11.7 Å². The van der Waals surface area contributed by atoms with Crippen molar-refractivity contribution in [1.29, 1.82) is 0 Å². The van der Waals surface area contributed by atoms with Gasteiger partial charge in [-0.15, -0.1) is 0 Å². The van der Waals surface area contributed by atoms with Crippen LogP contribution in [0, 0.1) is 5.92 Å². The van der Waals surface area contributed by atoms with Gasteiger partial charge in [0.1, 0.15) is 0 Å². The van der Waals surface area contributed by atoms with E-state index in [1.165, 1.54) is 12.8 Å². The van der Waals surface area contributed by atoms with Crippen LogP contribution < -0.4 is 5.32 Å². The molecule has 0 fully saturated rings. The van der Waals surface area contributed by atoms with Gasteiger partial charge < -0.3 is 10.1 Å². The number of carbonyl (C=O) groups excluding carboxylic acids is 1. The van der Waals surface area contributed by atoms with Crippen LogP contribution in [0.25, 0.3) is 0 Å². The second kappa shape index (κ2) is 8.57. The minimum absolute atomic E-state index is 0.242. The third-order valence-electron chi connectivity index (χ3n) is 3.31. The Hall–Kier alpha value is -1.51. The third kappa shape index (κ3) is 5.33. The number of hydrogen-bond donors (Lipinski definition) is 1. The molecule has 0 aliphatic rings. The molecule has 1 aromatic carbocycles. The topological polar surface area (TPSA) is 38.3 Å². The maximum Gasteiger partial charge on any atom is 0.338 e. The molecule has 0 saturated heterocycles. The Labute approximate surface area is 116 Å². The van der Waals surface area contributed by atoms with Crippen LogP contribution in [0.1, 0.15) is 50.4 Å². The summed E-state index contributed by atoms with van der Waals surface area (Å²) in [6, 6.07) is 7.50. The summed E-state index contributed by atoms with van der Waals surface area (Å²) in [6.45, 7) is 7.86. The molecule has 0 heterocycles. The largest absolute Gasteiger partial charge is 0.462 e. The Morgan fingerprint density at radius 2 is 1.79 bits per heavy atom. The van der Waals surface area contributed by atoms with Crippen LogP contribution in [0.5, 0.6) is 0 Å². The molecule has 3 heteroatoms. The van der Waals surface area contributed by atoms with Crippen LogP contribution in [-0.2, 0) is 4.74 Å². The zero-order valence-electron chi connectivity index (χ0n) is 12.2. The lowest BCUT2D eigenvalue weighted by molar-refractivity contribution is 0.0505. The van der Waals surface area contributed by atoms with Crippen LogP contribution in [-0.4, -0.2) is 19.1 Å². The first-order valence-electron chi connectivity index (χ1n) is 7.22. The molecule has 0 aromatic heterocycles.